The van der Waals surface area contributed by atoms with Gasteiger partial charge >= 0.3 is 11.8 Å². The molecule has 6 nitrogen and oxygen atoms in total. The molecule has 0 aliphatic carbocycles. The Labute approximate surface area is 147 Å². The highest BCUT2D eigenvalue weighted by molar-refractivity contribution is 6.35. The van der Waals surface area contributed by atoms with E-state index in [1.807, 2.05) is 24.3 Å². The van der Waals surface area contributed by atoms with E-state index in [9.17, 15) is 9.59 Å². The first-order valence-electron chi connectivity index (χ1n) is 8.42. The van der Waals surface area contributed by atoms with Gasteiger partial charge in [-0.3, -0.25) is 14.6 Å². The normalized spacial score (nSPS) is 14.3. The van der Waals surface area contributed by atoms with Gasteiger partial charge in [-0.2, -0.15) is 0 Å². The average Bonchev–Trinajstić information content (AvgIpc) is 2.66. The molecule has 1 saturated heterocycles. The maximum atomic E-state index is 12.3. The lowest BCUT2D eigenvalue weighted by molar-refractivity contribution is -0.146. The van der Waals surface area contributed by atoms with E-state index >= 15 is 0 Å². The fourth-order valence-electron chi connectivity index (χ4n) is 2.89. The fraction of sp³-hybridized carbons (Fsp3) is 0.316. The molecule has 3 rings (SSSR count). The molecule has 6 heteroatoms. The highest BCUT2D eigenvalue weighted by atomic mass is 16.2. The van der Waals surface area contributed by atoms with Gasteiger partial charge in [0, 0.05) is 38.1 Å². The Bertz CT molecular complexity index is 740. The molecule has 1 aliphatic rings. The van der Waals surface area contributed by atoms with Crippen molar-refractivity contribution in [3.63, 3.8) is 0 Å². The number of carbonyl (C=O) groups is 2. The Balaban J connectivity index is 1.50. The van der Waals surface area contributed by atoms with Gasteiger partial charge in [0.2, 0.25) is 0 Å². The number of aromatic nitrogens is 1. The lowest BCUT2D eigenvalue weighted by atomic mass is 10.2. The average molecular weight is 338 g/mol. The number of pyridine rings is 1. The summed E-state index contributed by atoms with van der Waals surface area (Å²) in [5.41, 5.74) is 3.10. The number of piperazine rings is 1. The van der Waals surface area contributed by atoms with Gasteiger partial charge in [0.25, 0.3) is 0 Å². The maximum Gasteiger partial charge on any atom is 0.312 e. The number of aryl methyl sites for hydroxylation is 1. The van der Waals surface area contributed by atoms with Crippen molar-refractivity contribution in [2.45, 2.75) is 13.5 Å². The van der Waals surface area contributed by atoms with Crippen LogP contribution in [0.25, 0.3) is 0 Å². The van der Waals surface area contributed by atoms with Crippen LogP contribution in [0.5, 0.6) is 0 Å². The van der Waals surface area contributed by atoms with Crippen LogP contribution >= 0.6 is 0 Å². The predicted octanol–water partition coefficient (Wildman–Crippen LogP) is 1.36. The molecule has 2 aromatic rings. The second-order valence-electron chi connectivity index (χ2n) is 6.12. The fourth-order valence-corrected chi connectivity index (χ4v) is 2.89. The lowest BCUT2D eigenvalue weighted by Gasteiger charge is -2.35. The minimum atomic E-state index is -0.574. The Kier molecular flexibility index (Phi) is 5.28. The van der Waals surface area contributed by atoms with Crippen LogP contribution in [-0.4, -0.2) is 47.9 Å². The van der Waals surface area contributed by atoms with E-state index < -0.39 is 11.8 Å². The number of hydrogen-bond donors (Lipinski definition) is 1. The summed E-state index contributed by atoms with van der Waals surface area (Å²) in [5, 5.41) is 2.64. The number of nitrogens with one attached hydrogen (secondary N) is 1. The second kappa shape index (κ2) is 7.79. The number of rotatable bonds is 3. The third-order valence-electron chi connectivity index (χ3n) is 4.28. The molecule has 1 N–H and O–H groups in total. The van der Waals surface area contributed by atoms with Gasteiger partial charge in [-0.15, -0.1) is 0 Å². The summed E-state index contributed by atoms with van der Waals surface area (Å²) < 4.78 is 0. The standard InChI is InChI=1S/C19H22N4O2/c1-15-5-4-7-17(13-15)22-9-11-23(12-10-22)19(25)18(24)21-14-16-6-2-3-8-20-16/h2-8,13H,9-12,14H2,1H3,(H,21,24). The van der Waals surface area contributed by atoms with Crippen molar-refractivity contribution in [1.82, 2.24) is 15.2 Å². The zero-order valence-corrected chi connectivity index (χ0v) is 14.3. The highest BCUT2D eigenvalue weighted by Gasteiger charge is 2.26. The zero-order valence-electron chi connectivity index (χ0n) is 14.3. The van der Waals surface area contributed by atoms with Crippen molar-refractivity contribution < 1.29 is 9.59 Å². The van der Waals surface area contributed by atoms with Crippen molar-refractivity contribution in [2.24, 2.45) is 0 Å². The number of carbonyl (C=O) groups excluding carboxylic acids is 2. The number of nitrogens with zero attached hydrogens (tertiary/aromatic N) is 3. The number of hydrogen-bond acceptors (Lipinski definition) is 4. The van der Waals surface area contributed by atoms with E-state index in [1.165, 1.54) is 5.56 Å². The molecule has 2 amide bonds. The molecule has 1 aromatic carbocycles. The van der Waals surface area contributed by atoms with E-state index in [4.69, 9.17) is 0 Å². The van der Waals surface area contributed by atoms with Gasteiger partial charge in [-0.25, -0.2) is 0 Å². The first-order chi connectivity index (χ1) is 12.1. The molecule has 0 saturated carbocycles. The minimum Gasteiger partial charge on any atom is -0.368 e. The molecule has 0 atom stereocenters. The number of anilines is 1. The molecule has 0 unspecified atom stereocenters. The quantitative estimate of drug-likeness (QED) is 0.858. The summed E-state index contributed by atoms with van der Waals surface area (Å²) in [5.74, 6) is -1.05. The SMILES string of the molecule is Cc1cccc(N2CCN(C(=O)C(=O)NCc3ccccn3)CC2)c1. The van der Waals surface area contributed by atoms with E-state index in [1.54, 1.807) is 11.1 Å². The van der Waals surface area contributed by atoms with Gasteiger partial charge in [-0.05, 0) is 36.8 Å². The zero-order chi connectivity index (χ0) is 17.6. The molecular formula is C19H22N4O2. The molecule has 1 aliphatic heterocycles. The molecule has 25 heavy (non-hydrogen) atoms. The first kappa shape index (κ1) is 17.0. The number of amides is 2. The van der Waals surface area contributed by atoms with Crippen molar-refractivity contribution in [2.75, 3.05) is 31.1 Å². The van der Waals surface area contributed by atoms with Crippen molar-refractivity contribution in [3.05, 3.63) is 59.9 Å². The van der Waals surface area contributed by atoms with Crippen molar-refractivity contribution >= 4 is 17.5 Å². The molecule has 130 valence electrons. The Morgan fingerprint density at radius 2 is 1.88 bits per heavy atom. The highest BCUT2D eigenvalue weighted by Crippen LogP contribution is 2.17. The van der Waals surface area contributed by atoms with Gasteiger partial charge < -0.3 is 15.1 Å². The van der Waals surface area contributed by atoms with Crippen LogP contribution in [-0.2, 0) is 16.1 Å². The summed E-state index contributed by atoms with van der Waals surface area (Å²) in [6.07, 6.45) is 1.66. The van der Waals surface area contributed by atoms with Crippen LogP contribution in [0.2, 0.25) is 0 Å². The third kappa shape index (κ3) is 4.35. The summed E-state index contributed by atoms with van der Waals surface area (Å²) >= 11 is 0. The van der Waals surface area contributed by atoms with Crippen LogP contribution in [0.3, 0.4) is 0 Å². The van der Waals surface area contributed by atoms with Gasteiger partial charge in [0.1, 0.15) is 0 Å². The predicted molar refractivity (Wildman–Crippen MR) is 96.1 cm³/mol. The van der Waals surface area contributed by atoms with Crippen LogP contribution in [0.1, 0.15) is 11.3 Å². The molecule has 2 heterocycles. The largest absolute Gasteiger partial charge is 0.368 e. The van der Waals surface area contributed by atoms with Crippen LogP contribution in [0, 0.1) is 6.92 Å². The molecule has 1 aromatic heterocycles. The molecule has 1 fully saturated rings. The maximum absolute atomic E-state index is 12.3. The lowest BCUT2D eigenvalue weighted by Crippen LogP contribution is -2.52. The van der Waals surface area contributed by atoms with E-state index in [2.05, 4.69) is 40.3 Å². The first-order valence-corrected chi connectivity index (χ1v) is 8.42. The summed E-state index contributed by atoms with van der Waals surface area (Å²) in [7, 11) is 0. The molecule has 0 radical (unpaired) electrons. The second-order valence-corrected chi connectivity index (χ2v) is 6.12. The molecular weight excluding hydrogens is 316 g/mol. The van der Waals surface area contributed by atoms with Gasteiger partial charge in [-0.1, -0.05) is 18.2 Å². The summed E-state index contributed by atoms with van der Waals surface area (Å²) in [4.78, 5) is 32.3. The van der Waals surface area contributed by atoms with E-state index in [0.29, 0.717) is 13.1 Å². The summed E-state index contributed by atoms with van der Waals surface area (Å²) in [6.45, 7) is 4.86. The van der Waals surface area contributed by atoms with Crippen molar-refractivity contribution in [1.29, 1.82) is 0 Å². The Morgan fingerprint density at radius 1 is 1.08 bits per heavy atom. The smallest absolute Gasteiger partial charge is 0.312 e. The van der Waals surface area contributed by atoms with E-state index in [0.717, 1.165) is 24.5 Å². The molecule has 0 bridgehead atoms. The topological polar surface area (TPSA) is 65.5 Å². The third-order valence-corrected chi connectivity index (χ3v) is 4.28. The van der Waals surface area contributed by atoms with Crippen LogP contribution < -0.4 is 10.2 Å². The van der Waals surface area contributed by atoms with E-state index in [-0.39, 0.29) is 6.54 Å². The van der Waals surface area contributed by atoms with Gasteiger partial charge in [0.05, 0.1) is 12.2 Å². The van der Waals surface area contributed by atoms with Crippen molar-refractivity contribution in [3.8, 4) is 0 Å². The molecule has 0 spiro atoms. The van der Waals surface area contributed by atoms with Crippen LogP contribution in [0.4, 0.5) is 5.69 Å². The van der Waals surface area contributed by atoms with Gasteiger partial charge in [0.15, 0.2) is 0 Å². The minimum absolute atomic E-state index is 0.259. The Hall–Kier alpha value is -2.89. The number of benzene rings is 1. The monoisotopic (exact) mass is 338 g/mol. The Morgan fingerprint density at radius 3 is 2.56 bits per heavy atom. The van der Waals surface area contributed by atoms with Crippen LogP contribution in [0.15, 0.2) is 48.7 Å². The summed E-state index contributed by atoms with van der Waals surface area (Å²) in [6, 6.07) is 13.8.